The lowest BCUT2D eigenvalue weighted by Crippen LogP contribution is -2.22. The van der Waals surface area contributed by atoms with E-state index in [1.807, 2.05) is 38.1 Å². The van der Waals surface area contributed by atoms with Crippen molar-refractivity contribution in [2.24, 2.45) is 0 Å². The minimum Gasteiger partial charge on any atom is -0.452 e. The molecule has 0 aliphatic rings. The van der Waals surface area contributed by atoms with Crippen molar-refractivity contribution in [1.29, 1.82) is 0 Å². The highest BCUT2D eigenvalue weighted by Gasteiger charge is 2.19. The average molecular weight is 333 g/mol. The lowest BCUT2D eigenvalue weighted by molar-refractivity contribution is -0.119. The van der Waals surface area contributed by atoms with Gasteiger partial charge in [0.15, 0.2) is 6.61 Å². The van der Waals surface area contributed by atoms with Crippen molar-refractivity contribution in [1.82, 2.24) is 4.37 Å². The second kappa shape index (κ2) is 7.23. The molecule has 2 rings (SSSR count). The molecule has 6 nitrogen and oxygen atoms in total. The number of esters is 1. The first-order valence-electron chi connectivity index (χ1n) is 7.17. The first-order chi connectivity index (χ1) is 10.9. The first kappa shape index (κ1) is 17.0. The number of hydrogen-bond donors (Lipinski definition) is 2. The summed E-state index contributed by atoms with van der Waals surface area (Å²) >= 11 is 1.03. The number of amides is 1. The Bertz CT molecular complexity index is 706. The van der Waals surface area contributed by atoms with Crippen molar-refractivity contribution in [2.45, 2.75) is 26.7 Å². The predicted octanol–water partition coefficient (Wildman–Crippen LogP) is 2.95. The van der Waals surface area contributed by atoms with Gasteiger partial charge in [0.2, 0.25) is 0 Å². The lowest BCUT2D eigenvalue weighted by Gasteiger charge is -2.13. The first-order valence-corrected chi connectivity index (χ1v) is 7.95. The molecule has 0 saturated heterocycles. The molecule has 0 bridgehead atoms. The maximum atomic E-state index is 12.0. The van der Waals surface area contributed by atoms with Crippen LogP contribution in [0.5, 0.6) is 0 Å². The molecule has 0 atom stereocenters. The largest absolute Gasteiger partial charge is 0.452 e. The van der Waals surface area contributed by atoms with E-state index in [1.165, 1.54) is 0 Å². The lowest BCUT2D eigenvalue weighted by atomic mass is 10.0. The molecule has 7 heteroatoms. The van der Waals surface area contributed by atoms with Crippen LogP contribution in [-0.2, 0) is 9.53 Å². The number of ether oxygens (including phenoxy) is 1. The highest BCUT2D eigenvalue weighted by Crippen LogP contribution is 2.24. The quantitative estimate of drug-likeness (QED) is 0.820. The molecule has 1 amide bonds. The fraction of sp³-hybridized carbons (Fsp3) is 0.312. The maximum Gasteiger partial charge on any atom is 0.343 e. The molecule has 1 aromatic heterocycles. The Morgan fingerprint density at radius 3 is 2.65 bits per heavy atom. The van der Waals surface area contributed by atoms with Crippen molar-refractivity contribution < 1.29 is 14.3 Å². The van der Waals surface area contributed by atoms with Crippen molar-refractivity contribution in [3.63, 3.8) is 0 Å². The van der Waals surface area contributed by atoms with Gasteiger partial charge in [-0.2, -0.15) is 4.37 Å². The van der Waals surface area contributed by atoms with Gasteiger partial charge in [0.1, 0.15) is 10.6 Å². The molecule has 0 saturated carbocycles. The number of rotatable bonds is 5. The number of nitrogens with zero attached hydrogens (tertiary/aromatic N) is 1. The molecule has 0 fully saturated rings. The maximum absolute atomic E-state index is 12.0. The van der Waals surface area contributed by atoms with Gasteiger partial charge in [-0.1, -0.05) is 32.0 Å². The summed E-state index contributed by atoms with van der Waals surface area (Å²) in [6.45, 7) is 5.38. The number of carbonyl (C=O) groups is 2. The van der Waals surface area contributed by atoms with Crippen LogP contribution < -0.4 is 11.1 Å². The summed E-state index contributed by atoms with van der Waals surface area (Å²) in [6, 6.07) is 7.53. The van der Waals surface area contributed by atoms with E-state index in [0.717, 1.165) is 22.8 Å². The Morgan fingerprint density at radius 2 is 2.04 bits per heavy atom. The van der Waals surface area contributed by atoms with Gasteiger partial charge in [-0.25, -0.2) is 4.79 Å². The van der Waals surface area contributed by atoms with Crippen molar-refractivity contribution in [3.8, 4) is 0 Å². The minimum absolute atomic E-state index is 0.227. The van der Waals surface area contributed by atoms with Crippen LogP contribution in [0, 0.1) is 6.92 Å². The topological polar surface area (TPSA) is 94.3 Å². The number of nitrogens with one attached hydrogen (secondary N) is 1. The number of aromatic nitrogens is 1. The van der Waals surface area contributed by atoms with Crippen LogP contribution >= 0.6 is 11.5 Å². The average Bonchev–Trinajstić information content (AvgIpc) is 2.84. The second-order valence-corrected chi connectivity index (χ2v) is 6.18. The van der Waals surface area contributed by atoms with Gasteiger partial charge < -0.3 is 15.8 Å². The van der Waals surface area contributed by atoms with E-state index in [9.17, 15) is 9.59 Å². The second-order valence-electron chi connectivity index (χ2n) is 5.37. The Kier molecular flexibility index (Phi) is 5.33. The van der Waals surface area contributed by atoms with Gasteiger partial charge in [-0.05, 0) is 36.0 Å². The van der Waals surface area contributed by atoms with Crippen LogP contribution in [0.4, 0.5) is 10.7 Å². The third kappa shape index (κ3) is 4.07. The van der Waals surface area contributed by atoms with E-state index in [-0.39, 0.29) is 23.1 Å². The van der Waals surface area contributed by atoms with E-state index in [4.69, 9.17) is 10.5 Å². The van der Waals surface area contributed by atoms with Crippen LogP contribution in [0.25, 0.3) is 0 Å². The zero-order valence-corrected chi connectivity index (χ0v) is 14.1. The molecule has 0 radical (unpaired) electrons. The van der Waals surface area contributed by atoms with Gasteiger partial charge in [0, 0.05) is 5.69 Å². The number of hydrogen-bond acceptors (Lipinski definition) is 6. The zero-order valence-electron chi connectivity index (χ0n) is 13.3. The van der Waals surface area contributed by atoms with Crippen LogP contribution in [-0.4, -0.2) is 22.9 Å². The molecular formula is C16H19N3O3S. The highest BCUT2D eigenvalue weighted by atomic mass is 32.1. The molecular weight excluding hydrogens is 314 g/mol. The molecule has 0 aliphatic carbocycles. The molecule has 23 heavy (non-hydrogen) atoms. The monoisotopic (exact) mass is 333 g/mol. The number of nitrogen functional groups attached to an aromatic ring is 1. The highest BCUT2D eigenvalue weighted by molar-refractivity contribution is 7.10. The van der Waals surface area contributed by atoms with Crippen LogP contribution in [0.15, 0.2) is 24.3 Å². The summed E-state index contributed by atoms with van der Waals surface area (Å²) in [5, 5.41) is 3.05. The Labute approximate surface area is 138 Å². The van der Waals surface area contributed by atoms with E-state index in [2.05, 4.69) is 9.69 Å². The zero-order chi connectivity index (χ0) is 17.0. The van der Waals surface area contributed by atoms with Gasteiger partial charge >= 0.3 is 5.97 Å². The molecule has 2 aromatic rings. The van der Waals surface area contributed by atoms with Gasteiger partial charge in [-0.15, -0.1) is 0 Å². The fourth-order valence-corrected chi connectivity index (χ4v) is 2.79. The van der Waals surface area contributed by atoms with Crippen LogP contribution in [0.1, 0.15) is 41.4 Å². The Balaban J connectivity index is 1.97. The summed E-state index contributed by atoms with van der Waals surface area (Å²) in [4.78, 5) is 24.0. The van der Waals surface area contributed by atoms with E-state index >= 15 is 0 Å². The fourth-order valence-electron chi connectivity index (χ4n) is 2.14. The molecule has 1 heterocycles. The number of para-hydroxylation sites is 1. The van der Waals surface area contributed by atoms with Gasteiger partial charge in [-0.3, -0.25) is 4.79 Å². The number of benzene rings is 1. The Hall–Kier alpha value is -2.41. The van der Waals surface area contributed by atoms with Crippen LogP contribution in [0.2, 0.25) is 0 Å². The van der Waals surface area contributed by atoms with Crippen LogP contribution in [0.3, 0.4) is 0 Å². The summed E-state index contributed by atoms with van der Waals surface area (Å²) in [7, 11) is 0. The summed E-state index contributed by atoms with van der Waals surface area (Å²) < 4.78 is 9.00. The summed E-state index contributed by atoms with van der Waals surface area (Å²) in [5.41, 5.74) is 8.15. The summed E-state index contributed by atoms with van der Waals surface area (Å²) in [6.07, 6.45) is 0. The summed E-state index contributed by atoms with van der Waals surface area (Å²) in [5.74, 6) is -0.764. The van der Waals surface area contributed by atoms with Gasteiger partial charge in [0.05, 0.1) is 5.69 Å². The van der Waals surface area contributed by atoms with E-state index < -0.39 is 11.9 Å². The number of nitrogens with two attached hydrogens (primary N) is 1. The molecule has 0 aliphatic heterocycles. The van der Waals surface area contributed by atoms with Crippen molar-refractivity contribution in [2.75, 3.05) is 17.7 Å². The SMILES string of the molecule is Cc1nsc(N)c1C(=O)OCC(=O)Nc1ccccc1C(C)C. The molecule has 0 spiro atoms. The minimum atomic E-state index is -0.638. The predicted molar refractivity (Wildman–Crippen MR) is 90.7 cm³/mol. The normalized spacial score (nSPS) is 10.6. The molecule has 1 aromatic carbocycles. The number of anilines is 2. The molecule has 3 N–H and O–H groups in total. The molecule has 122 valence electrons. The van der Waals surface area contributed by atoms with Gasteiger partial charge in [0.25, 0.3) is 5.91 Å². The standard InChI is InChI=1S/C16H19N3O3S/c1-9(2)11-6-4-5-7-12(11)18-13(20)8-22-16(21)14-10(3)19-23-15(14)17/h4-7,9H,8,17H2,1-3H3,(H,18,20). The van der Waals surface area contributed by atoms with E-state index in [1.54, 1.807) is 6.92 Å². The van der Waals surface area contributed by atoms with Crippen molar-refractivity contribution >= 4 is 34.1 Å². The molecule has 0 unspecified atom stereocenters. The van der Waals surface area contributed by atoms with Crippen molar-refractivity contribution in [3.05, 3.63) is 41.1 Å². The number of carbonyl (C=O) groups excluding carboxylic acids is 2. The third-order valence-corrected chi connectivity index (χ3v) is 4.05. The smallest absolute Gasteiger partial charge is 0.343 e. The number of aryl methyl sites for hydroxylation is 1. The van der Waals surface area contributed by atoms with E-state index in [0.29, 0.717) is 5.69 Å². The third-order valence-electron chi connectivity index (χ3n) is 3.28. The Morgan fingerprint density at radius 1 is 1.35 bits per heavy atom.